The van der Waals surface area contributed by atoms with Crippen molar-refractivity contribution < 1.29 is 9.59 Å². The van der Waals surface area contributed by atoms with Gasteiger partial charge in [-0.1, -0.05) is 53.4 Å². The van der Waals surface area contributed by atoms with Gasteiger partial charge in [0.25, 0.3) is 0 Å². The van der Waals surface area contributed by atoms with Gasteiger partial charge in [0, 0.05) is 13.6 Å². The van der Waals surface area contributed by atoms with Crippen molar-refractivity contribution in [1.82, 2.24) is 20.8 Å². The molecule has 0 radical (unpaired) electrons. The maximum atomic E-state index is 11.5. The average molecular weight is 351 g/mol. The van der Waals surface area contributed by atoms with E-state index in [1.165, 1.54) is 35.7 Å². The van der Waals surface area contributed by atoms with Gasteiger partial charge in [0.2, 0.25) is 11.0 Å². The van der Waals surface area contributed by atoms with Crippen molar-refractivity contribution in [2.75, 3.05) is 24.7 Å². The molecule has 0 aliphatic rings. The Labute approximate surface area is 142 Å². The molecule has 2 rings (SSSR count). The van der Waals surface area contributed by atoms with Crippen molar-refractivity contribution in [3.63, 3.8) is 0 Å². The number of nitrogens with one attached hydrogen (secondary N) is 3. The third-order valence-corrected chi connectivity index (χ3v) is 4.76. The van der Waals surface area contributed by atoms with E-state index in [0.29, 0.717) is 4.34 Å². The van der Waals surface area contributed by atoms with Crippen LogP contribution in [0.1, 0.15) is 5.56 Å². The SMILES string of the molecule is CNC(=O)NC(=O)CSc1nnc(NCCc2ccccc2)s1. The van der Waals surface area contributed by atoms with Crippen LogP contribution in [0.15, 0.2) is 34.7 Å². The molecule has 0 atom stereocenters. The molecule has 3 N–H and O–H groups in total. The van der Waals surface area contributed by atoms with Crippen molar-refractivity contribution in [3.05, 3.63) is 35.9 Å². The second-order valence-corrected chi connectivity index (χ2v) is 6.65. The number of imide groups is 1. The smallest absolute Gasteiger partial charge is 0.321 e. The minimum absolute atomic E-state index is 0.117. The first kappa shape index (κ1) is 17.2. The van der Waals surface area contributed by atoms with E-state index in [9.17, 15) is 9.59 Å². The number of thioether (sulfide) groups is 1. The van der Waals surface area contributed by atoms with Crippen molar-refractivity contribution >= 4 is 40.2 Å². The number of hydrogen-bond donors (Lipinski definition) is 3. The molecular formula is C14H17N5O2S2. The molecule has 0 saturated heterocycles. The zero-order valence-electron chi connectivity index (χ0n) is 12.5. The lowest BCUT2D eigenvalue weighted by atomic mass is 10.2. The molecule has 0 unspecified atom stereocenters. The van der Waals surface area contributed by atoms with E-state index in [1.54, 1.807) is 0 Å². The fraction of sp³-hybridized carbons (Fsp3) is 0.286. The minimum Gasteiger partial charge on any atom is -0.360 e. The maximum Gasteiger partial charge on any atom is 0.321 e. The second kappa shape index (κ2) is 9.11. The number of aromatic nitrogens is 2. The number of nitrogens with zero attached hydrogens (tertiary/aromatic N) is 2. The number of benzene rings is 1. The summed E-state index contributed by atoms with van der Waals surface area (Å²) < 4.78 is 0.680. The van der Waals surface area contributed by atoms with E-state index in [-0.39, 0.29) is 11.7 Å². The minimum atomic E-state index is -0.517. The van der Waals surface area contributed by atoms with Crippen molar-refractivity contribution in [2.45, 2.75) is 10.8 Å². The number of amides is 3. The summed E-state index contributed by atoms with van der Waals surface area (Å²) in [5.41, 5.74) is 1.25. The van der Waals surface area contributed by atoms with Crippen LogP contribution in [0.25, 0.3) is 0 Å². The maximum absolute atomic E-state index is 11.5. The Morgan fingerprint density at radius 2 is 2.00 bits per heavy atom. The number of hydrogen-bond acceptors (Lipinski definition) is 7. The zero-order chi connectivity index (χ0) is 16.5. The van der Waals surface area contributed by atoms with Gasteiger partial charge in [-0.05, 0) is 12.0 Å². The molecule has 1 aromatic heterocycles. The van der Waals surface area contributed by atoms with Crippen LogP contribution >= 0.6 is 23.1 Å². The van der Waals surface area contributed by atoms with Gasteiger partial charge in [-0.2, -0.15) is 0 Å². The first-order valence-electron chi connectivity index (χ1n) is 6.93. The molecule has 0 aliphatic carbocycles. The lowest BCUT2D eigenvalue weighted by Gasteiger charge is -2.02. The number of anilines is 1. The highest BCUT2D eigenvalue weighted by molar-refractivity contribution is 8.01. The molecular weight excluding hydrogens is 334 g/mol. The van der Waals surface area contributed by atoms with Crippen molar-refractivity contribution in [3.8, 4) is 0 Å². The Balaban J connectivity index is 1.71. The fourth-order valence-electron chi connectivity index (χ4n) is 1.65. The third kappa shape index (κ3) is 6.25. The van der Waals surface area contributed by atoms with Gasteiger partial charge < -0.3 is 10.6 Å². The fourth-order valence-corrected chi connectivity index (χ4v) is 3.23. The molecule has 1 aromatic carbocycles. The van der Waals surface area contributed by atoms with Crippen LogP contribution in [-0.4, -0.2) is 41.5 Å². The number of carbonyl (C=O) groups excluding carboxylic acids is 2. The molecule has 23 heavy (non-hydrogen) atoms. The quantitative estimate of drug-likeness (QED) is 0.658. The molecule has 0 aliphatic heterocycles. The summed E-state index contributed by atoms with van der Waals surface area (Å²) in [7, 11) is 1.45. The number of rotatable bonds is 7. The highest BCUT2D eigenvalue weighted by Crippen LogP contribution is 2.25. The normalized spacial score (nSPS) is 10.1. The van der Waals surface area contributed by atoms with E-state index in [2.05, 4.69) is 38.3 Å². The molecule has 0 spiro atoms. The monoisotopic (exact) mass is 351 g/mol. The summed E-state index contributed by atoms with van der Waals surface area (Å²) in [4.78, 5) is 22.5. The Bertz CT molecular complexity index is 648. The van der Waals surface area contributed by atoms with Gasteiger partial charge in [0.1, 0.15) is 0 Å². The summed E-state index contributed by atoms with van der Waals surface area (Å²) in [6, 6.07) is 9.65. The van der Waals surface area contributed by atoms with Gasteiger partial charge in [-0.3, -0.25) is 10.1 Å². The highest BCUT2D eigenvalue weighted by Gasteiger charge is 2.09. The van der Waals surface area contributed by atoms with E-state index in [0.717, 1.165) is 18.1 Å². The predicted molar refractivity (Wildman–Crippen MR) is 91.9 cm³/mol. The topological polar surface area (TPSA) is 96.0 Å². The molecule has 1 heterocycles. The van der Waals surface area contributed by atoms with Gasteiger partial charge in [0.05, 0.1) is 5.75 Å². The lowest BCUT2D eigenvalue weighted by molar-refractivity contribution is -0.117. The molecule has 0 fully saturated rings. The molecule has 0 bridgehead atoms. The Morgan fingerprint density at radius 1 is 1.22 bits per heavy atom. The largest absolute Gasteiger partial charge is 0.360 e. The van der Waals surface area contributed by atoms with Gasteiger partial charge in [0.15, 0.2) is 4.34 Å². The van der Waals surface area contributed by atoms with Gasteiger partial charge in [-0.25, -0.2) is 4.79 Å². The van der Waals surface area contributed by atoms with Crippen molar-refractivity contribution in [1.29, 1.82) is 0 Å². The predicted octanol–water partition coefficient (Wildman–Crippen LogP) is 1.74. The summed E-state index contributed by atoms with van der Waals surface area (Å²) in [5.74, 6) is -0.255. The van der Waals surface area contributed by atoms with E-state index < -0.39 is 6.03 Å². The summed E-state index contributed by atoms with van der Waals surface area (Å²) in [5, 5.41) is 16.5. The standard InChI is InChI=1S/C14H17N5O2S2/c1-15-12(21)17-11(20)9-22-14-19-18-13(23-14)16-8-7-10-5-3-2-4-6-10/h2-6H,7-9H2,1H3,(H,16,18)(H2,15,17,20,21). The highest BCUT2D eigenvalue weighted by atomic mass is 32.2. The average Bonchev–Trinajstić information content (AvgIpc) is 3.02. The zero-order valence-corrected chi connectivity index (χ0v) is 14.2. The van der Waals surface area contributed by atoms with Crippen LogP contribution in [0, 0.1) is 0 Å². The molecule has 122 valence electrons. The molecule has 3 amide bonds. The Kier molecular flexibility index (Phi) is 6.82. The Hall–Kier alpha value is -2.13. The van der Waals surface area contributed by atoms with Crippen LogP contribution in [-0.2, 0) is 11.2 Å². The summed E-state index contributed by atoms with van der Waals surface area (Å²) in [6.45, 7) is 0.764. The summed E-state index contributed by atoms with van der Waals surface area (Å²) in [6.07, 6.45) is 0.900. The number of urea groups is 1. The molecule has 7 nitrogen and oxygen atoms in total. The van der Waals surface area contributed by atoms with Crippen molar-refractivity contribution in [2.24, 2.45) is 0 Å². The second-order valence-electron chi connectivity index (χ2n) is 4.45. The van der Waals surface area contributed by atoms with Crippen LogP contribution < -0.4 is 16.0 Å². The Morgan fingerprint density at radius 3 is 2.74 bits per heavy atom. The van der Waals surface area contributed by atoms with E-state index in [1.807, 2.05) is 18.2 Å². The van der Waals surface area contributed by atoms with Crippen LogP contribution in [0.4, 0.5) is 9.93 Å². The van der Waals surface area contributed by atoms with Crippen LogP contribution in [0.5, 0.6) is 0 Å². The number of carbonyl (C=O) groups is 2. The van der Waals surface area contributed by atoms with Gasteiger partial charge >= 0.3 is 6.03 Å². The van der Waals surface area contributed by atoms with E-state index in [4.69, 9.17) is 0 Å². The molecule has 9 heteroatoms. The van der Waals surface area contributed by atoms with Gasteiger partial charge in [-0.15, -0.1) is 10.2 Å². The lowest BCUT2D eigenvalue weighted by Crippen LogP contribution is -2.38. The summed E-state index contributed by atoms with van der Waals surface area (Å²) >= 11 is 2.63. The van der Waals surface area contributed by atoms with Crippen LogP contribution in [0.3, 0.4) is 0 Å². The first-order valence-corrected chi connectivity index (χ1v) is 8.73. The van der Waals surface area contributed by atoms with Crippen LogP contribution in [0.2, 0.25) is 0 Å². The van der Waals surface area contributed by atoms with E-state index >= 15 is 0 Å². The first-order chi connectivity index (χ1) is 11.2. The molecule has 2 aromatic rings. The third-order valence-electron chi connectivity index (χ3n) is 2.75. The molecule has 0 saturated carbocycles.